The number of aryl methyl sites for hydroxylation is 1. The van der Waals surface area contributed by atoms with Crippen LogP contribution in [0.5, 0.6) is 0 Å². The Bertz CT molecular complexity index is 346. The lowest BCUT2D eigenvalue weighted by Crippen LogP contribution is -1.69. The van der Waals surface area contributed by atoms with E-state index < -0.39 is 0 Å². The summed E-state index contributed by atoms with van der Waals surface area (Å²) in [5.74, 6) is 0. The Hall–Kier alpha value is -1.24. The van der Waals surface area contributed by atoms with Crippen molar-refractivity contribution in [2.75, 3.05) is 0 Å². The monoisotopic (exact) mass is 131 g/mol. The van der Waals surface area contributed by atoms with Gasteiger partial charge in [-0.2, -0.15) is 0 Å². The highest BCUT2D eigenvalue weighted by Crippen LogP contribution is 2.17. The lowest BCUT2D eigenvalue weighted by Gasteiger charge is -1.89. The van der Waals surface area contributed by atoms with E-state index in [0.29, 0.717) is 0 Å². The van der Waals surface area contributed by atoms with E-state index in [4.69, 9.17) is 4.42 Å². The van der Waals surface area contributed by atoms with Crippen molar-refractivity contribution in [3.8, 4) is 0 Å². The minimum Gasteiger partial charge on any atom is -0.460 e. The molecule has 1 heteroatoms. The van der Waals surface area contributed by atoms with Crippen molar-refractivity contribution in [2.24, 2.45) is 0 Å². The molecule has 0 amide bonds. The molecule has 0 bridgehead atoms. The quantitative estimate of drug-likeness (QED) is 0.535. The molecule has 0 aliphatic rings. The molecule has 10 heavy (non-hydrogen) atoms. The molecule has 0 N–H and O–H groups in total. The molecule has 0 aliphatic heterocycles. The van der Waals surface area contributed by atoms with Gasteiger partial charge in [0.25, 0.3) is 0 Å². The third kappa shape index (κ3) is 0.637. The van der Waals surface area contributed by atoms with Gasteiger partial charge >= 0.3 is 0 Å². The van der Waals surface area contributed by atoms with Crippen molar-refractivity contribution in [2.45, 2.75) is 6.92 Å². The first-order chi connectivity index (χ1) is 4.88. The highest BCUT2D eigenvalue weighted by Gasteiger charge is 1.96. The van der Waals surface area contributed by atoms with Crippen LogP contribution in [0.2, 0.25) is 0 Å². The van der Waals surface area contributed by atoms with Crippen molar-refractivity contribution in [3.63, 3.8) is 0 Å². The van der Waals surface area contributed by atoms with Gasteiger partial charge in [0.2, 0.25) is 0 Å². The summed E-state index contributed by atoms with van der Waals surface area (Å²) in [7, 11) is 0. The van der Waals surface area contributed by atoms with Crippen molar-refractivity contribution >= 4 is 10.8 Å². The molecule has 1 nitrogen and oxygen atoms in total. The summed E-state index contributed by atoms with van der Waals surface area (Å²) in [6.07, 6.45) is 4.52. The maximum atomic E-state index is 4.92. The third-order valence-corrected chi connectivity index (χ3v) is 1.65. The second-order valence-corrected chi connectivity index (χ2v) is 2.38. The molecule has 0 aliphatic carbocycles. The van der Waals surface area contributed by atoms with Gasteiger partial charge in [-0.05, 0) is 12.5 Å². The van der Waals surface area contributed by atoms with Gasteiger partial charge in [0.15, 0.2) is 6.26 Å². The SMILES string of the molecule is Cc1cccc2co[c]c12. The van der Waals surface area contributed by atoms with Crippen molar-refractivity contribution in [1.29, 1.82) is 0 Å². The van der Waals surface area contributed by atoms with E-state index >= 15 is 0 Å². The van der Waals surface area contributed by atoms with E-state index in [0.717, 1.165) is 10.8 Å². The standard InChI is InChI=1S/C9H7O/c1-7-3-2-4-8-5-10-6-9(7)8/h2-5H,1H3. The second kappa shape index (κ2) is 1.87. The minimum atomic E-state index is 1.09. The molecule has 1 aromatic heterocycles. The Morgan fingerprint density at radius 1 is 1.40 bits per heavy atom. The fourth-order valence-corrected chi connectivity index (χ4v) is 1.08. The van der Waals surface area contributed by atoms with Crippen molar-refractivity contribution in [3.05, 3.63) is 36.3 Å². The molecule has 0 saturated carbocycles. The van der Waals surface area contributed by atoms with Gasteiger partial charge in [-0.25, -0.2) is 0 Å². The largest absolute Gasteiger partial charge is 0.460 e. The van der Waals surface area contributed by atoms with Crippen LogP contribution in [0.3, 0.4) is 0 Å². The Kier molecular flexibility index (Phi) is 1.04. The maximum absolute atomic E-state index is 4.92. The van der Waals surface area contributed by atoms with Gasteiger partial charge in [-0.1, -0.05) is 18.2 Å². The van der Waals surface area contributed by atoms with Crippen LogP contribution in [-0.4, -0.2) is 0 Å². The normalized spacial score (nSPS) is 10.5. The van der Waals surface area contributed by atoms with E-state index in [1.54, 1.807) is 6.26 Å². The Labute approximate surface area is 59.3 Å². The van der Waals surface area contributed by atoms with E-state index in [2.05, 4.69) is 6.26 Å². The summed E-state index contributed by atoms with van der Waals surface area (Å²) in [5.41, 5.74) is 1.21. The van der Waals surface area contributed by atoms with Gasteiger partial charge < -0.3 is 4.42 Å². The minimum absolute atomic E-state index is 1.09. The van der Waals surface area contributed by atoms with Crippen LogP contribution < -0.4 is 0 Å². The smallest absolute Gasteiger partial charge is 0.177 e. The second-order valence-electron chi connectivity index (χ2n) is 2.38. The summed E-state index contributed by atoms with van der Waals surface area (Å²) in [5, 5.41) is 2.21. The average Bonchev–Trinajstić information content (AvgIpc) is 2.36. The van der Waals surface area contributed by atoms with Gasteiger partial charge in [0, 0.05) is 10.8 Å². The van der Waals surface area contributed by atoms with Gasteiger partial charge in [-0.3, -0.25) is 0 Å². The molecule has 0 fully saturated rings. The molecule has 0 saturated heterocycles. The van der Waals surface area contributed by atoms with E-state index in [1.807, 2.05) is 25.1 Å². The van der Waals surface area contributed by atoms with Gasteiger partial charge in [-0.15, -0.1) is 0 Å². The van der Waals surface area contributed by atoms with E-state index in [1.165, 1.54) is 5.56 Å². The lowest BCUT2D eigenvalue weighted by atomic mass is 10.1. The zero-order valence-corrected chi connectivity index (χ0v) is 5.72. The molecule has 1 aromatic carbocycles. The zero-order valence-electron chi connectivity index (χ0n) is 5.72. The summed E-state index contributed by atoms with van der Waals surface area (Å²) in [6, 6.07) is 6.08. The van der Waals surface area contributed by atoms with E-state index in [-0.39, 0.29) is 0 Å². The average molecular weight is 131 g/mol. The highest BCUT2D eigenvalue weighted by molar-refractivity contribution is 5.83. The van der Waals surface area contributed by atoms with Crippen LogP contribution in [0.1, 0.15) is 5.56 Å². The zero-order chi connectivity index (χ0) is 6.97. The molecule has 0 unspecified atom stereocenters. The first-order valence-electron chi connectivity index (χ1n) is 3.22. The topological polar surface area (TPSA) is 13.1 Å². The molecule has 2 aromatic rings. The molecule has 0 atom stereocenters. The summed E-state index contributed by atoms with van der Waals surface area (Å²) >= 11 is 0. The Morgan fingerprint density at radius 3 is 3.10 bits per heavy atom. The number of benzene rings is 1. The highest BCUT2D eigenvalue weighted by atomic mass is 16.3. The summed E-state index contributed by atoms with van der Waals surface area (Å²) in [6.45, 7) is 2.05. The third-order valence-electron chi connectivity index (χ3n) is 1.65. The predicted octanol–water partition coefficient (Wildman–Crippen LogP) is 2.54. The number of rotatable bonds is 0. The van der Waals surface area contributed by atoms with Crippen LogP contribution in [0.25, 0.3) is 10.8 Å². The fraction of sp³-hybridized carbons (Fsp3) is 0.111. The fourth-order valence-electron chi connectivity index (χ4n) is 1.08. The molecular formula is C9H7O. The summed E-state index contributed by atoms with van der Waals surface area (Å²) in [4.78, 5) is 0. The number of hydrogen-bond donors (Lipinski definition) is 0. The molecule has 0 spiro atoms. The number of furan rings is 1. The first kappa shape index (κ1) is 5.54. The van der Waals surface area contributed by atoms with E-state index in [9.17, 15) is 0 Å². The molecular weight excluding hydrogens is 124 g/mol. The van der Waals surface area contributed by atoms with Gasteiger partial charge in [0.05, 0.1) is 6.26 Å². The predicted molar refractivity (Wildman–Crippen MR) is 39.8 cm³/mol. The van der Waals surface area contributed by atoms with Crippen molar-refractivity contribution in [1.82, 2.24) is 0 Å². The first-order valence-corrected chi connectivity index (χ1v) is 3.22. The van der Waals surface area contributed by atoms with Crippen LogP contribution in [0.4, 0.5) is 0 Å². The number of hydrogen-bond acceptors (Lipinski definition) is 1. The molecule has 1 heterocycles. The lowest BCUT2D eigenvalue weighted by molar-refractivity contribution is 0.563. The molecule has 2 rings (SSSR count). The molecule has 49 valence electrons. The van der Waals surface area contributed by atoms with Crippen LogP contribution in [0.15, 0.2) is 28.9 Å². The van der Waals surface area contributed by atoms with Crippen LogP contribution >= 0.6 is 0 Å². The van der Waals surface area contributed by atoms with Gasteiger partial charge in [0.1, 0.15) is 0 Å². The number of fused-ring (bicyclic) bond motifs is 1. The van der Waals surface area contributed by atoms with Crippen molar-refractivity contribution < 1.29 is 4.42 Å². The van der Waals surface area contributed by atoms with Crippen LogP contribution in [-0.2, 0) is 0 Å². The Balaban J connectivity index is 2.95. The van der Waals surface area contributed by atoms with Crippen LogP contribution in [0, 0.1) is 13.2 Å². The maximum Gasteiger partial charge on any atom is 0.177 e. The Morgan fingerprint density at radius 2 is 2.30 bits per heavy atom. The molecule has 1 radical (unpaired) electrons. The summed E-state index contributed by atoms with van der Waals surface area (Å²) < 4.78 is 4.92.